The lowest BCUT2D eigenvalue weighted by atomic mass is 9.94. The van der Waals surface area contributed by atoms with E-state index in [2.05, 4.69) is 258 Å². The summed E-state index contributed by atoms with van der Waals surface area (Å²) < 4.78 is 2.16. The summed E-state index contributed by atoms with van der Waals surface area (Å²) in [7, 11) is 0. The van der Waals surface area contributed by atoms with E-state index >= 15 is 0 Å². The van der Waals surface area contributed by atoms with Gasteiger partial charge >= 0.3 is 0 Å². The summed E-state index contributed by atoms with van der Waals surface area (Å²) in [5.41, 5.74) is 18.1. The molecule has 0 aliphatic rings. The first-order valence-corrected chi connectivity index (χ1v) is 21.1. The van der Waals surface area contributed by atoms with Gasteiger partial charge in [0.15, 0.2) is 0 Å². The van der Waals surface area contributed by atoms with Gasteiger partial charge in [0, 0.05) is 39.1 Å². The summed E-state index contributed by atoms with van der Waals surface area (Å²) in [6, 6.07) is 88.7. The fourth-order valence-electron chi connectivity index (χ4n) is 8.73. The lowest BCUT2D eigenvalue weighted by Gasteiger charge is -2.25. The van der Waals surface area contributed by atoms with Crippen molar-refractivity contribution in [2.45, 2.75) is 0 Å². The Morgan fingerprint density at radius 2 is 0.694 bits per heavy atom. The number of hydrogen-bond donors (Lipinski definition) is 0. The van der Waals surface area contributed by atoms with E-state index in [0.717, 1.165) is 61.6 Å². The number of para-hydroxylation sites is 2. The first kappa shape index (κ1) is 36.8. The second-order valence-corrected chi connectivity index (χ2v) is 15.6. The van der Waals surface area contributed by atoms with Gasteiger partial charge in [-0.1, -0.05) is 200 Å². The van der Waals surface area contributed by atoms with Crippen LogP contribution in [0.4, 0.5) is 17.1 Å². The van der Waals surface area contributed by atoms with E-state index in [0.29, 0.717) is 0 Å². The van der Waals surface area contributed by atoms with Crippen molar-refractivity contribution in [3.05, 3.63) is 249 Å². The highest BCUT2D eigenvalue weighted by atomic mass is 15.2. The lowest BCUT2D eigenvalue weighted by molar-refractivity contribution is 0.979. The molecule has 0 spiro atoms. The number of anilines is 3. The average molecular weight is 792 g/mol. The van der Waals surface area contributed by atoms with Crippen LogP contribution in [0.3, 0.4) is 0 Å². The minimum absolute atomic E-state index is 0.973. The average Bonchev–Trinajstić information content (AvgIpc) is 3.77. The molecule has 0 aliphatic carbocycles. The molecule has 3 heteroatoms. The van der Waals surface area contributed by atoms with Crippen molar-refractivity contribution in [2.75, 3.05) is 4.90 Å². The van der Waals surface area contributed by atoms with Crippen LogP contribution in [0.2, 0.25) is 0 Å². The Balaban J connectivity index is 0.916. The Morgan fingerprint density at radius 3 is 1.19 bits per heavy atom. The third kappa shape index (κ3) is 6.92. The van der Waals surface area contributed by atoms with Gasteiger partial charge < -0.3 is 4.90 Å². The van der Waals surface area contributed by atoms with Crippen molar-refractivity contribution in [1.29, 1.82) is 0 Å². The Kier molecular flexibility index (Phi) is 9.53. The van der Waals surface area contributed by atoms with Crippen molar-refractivity contribution in [1.82, 2.24) is 9.61 Å². The van der Waals surface area contributed by atoms with Gasteiger partial charge in [0.25, 0.3) is 0 Å². The molecule has 2 heterocycles. The van der Waals surface area contributed by atoms with E-state index in [-0.39, 0.29) is 0 Å². The highest BCUT2D eigenvalue weighted by Gasteiger charge is 2.22. The summed E-state index contributed by atoms with van der Waals surface area (Å²) in [5.74, 6) is 0. The van der Waals surface area contributed by atoms with Gasteiger partial charge in [0.05, 0.1) is 11.2 Å². The topological polar surface area (TPSA) is 20.5 Å². The molecule has 0 atom stereocenters. The molecule has 0 saturated heterocycles. The number of aromatic nitrogens is 2. The van der Waals surface area contributed by atoms with Crippen LogP contribution in [0.25, 0.3) is 83.3 Å². The third-order valence-electron chi connectivity index (χ3n) is 11.8. The Morgan fingerprint density at radius 1 is 0.306 bits per heavy atom. The molecule has 2 aromatic heterocycles. The maximum atomic E-state index is 5.37. The Hall–Kier alpha value is -8.27. The SMILES string of the molecule is c1ccc(-c2nn3c(-c4ccccc4)cc4cc(-c5ccc(-c6ccc(-c7ccc(N(c8ccccc8)c8ccccc8)cc7)cc6)cc5)ccc4c3c2-c2ccccc2)cc1. The van der Waals surface area contributed by atoms with Gasteiger partial charge in [0.1, 0.15) is 5.69 Å². The van der Waals surface area contributed by atoms with E-state index in [4.69, 9.17) is 5.10 Å². The summed E-state index contributed by atoms with van der Waals surface area (Å²) in [6.07, 6.45) is 0. The molecule has 11 aromatic rings. The highest BCUT2D eigenvalue weighted by molar-refractivity contribution is 6.09. The predicted octanol–water partition coefficient (Wildman–Crippen LogP) is 16.0. The van der Waals surface area contributed by atoms with E-state index in [1.807, 2.05) is 0 Å². The van der Waals surface area contributed by atoms with Crippen molar-refractivity contribution in [2.24, 2.45) is 0 Å². The standard InChI is InChI=1S/C59H41N3/c1-6-16-47(17-7-1)56-41-51-40-50(36-39-55(51)59-57(48-18-8-2-9-19-48)58(60-62(56)59)49-20-10-3-11-21-49)46-32-30-43(31-33-46)42-26-28-44(29-27-42)45-34-37-54(38-35-45)61(52-22-12-4-13-23-52)53-24-14-5-15-25-53/h1-41H. The minimum Gasteiger partial charge on any atom is -0.311 e. The van der Waals surface area contributed by atoms with Crippen LogP contribution in [-0.4, -0.2) is 9.61 Å². The molecule has 9 aromatic carbocycles. The summed E-state index contributed by atoms with van der Waals surface area (Å²) >= 11 is 0. The number of pyridine rings is 1. The van der Waals surface area contributed by atoms with Crippen LogP contribution >= 0.6 is 0 Å². The van der Waals surface area contributed by atoms with Crippen molar-refractivity contribution >= 4 is 33.4 Å². The van der Waals surface area contributed by atoms with E-state index in [1.165, 1.54) is 38.8 Å². The minimum atomic E-state index is 0.973. The number of fused-ring (bicyclic) bond motifs is 3. The van der Waals surface area contributed by atoms with E-state index in [1.54, 1.807) is 0 Å². The van der Waals surface area contributed by atoms with Gasteiger partial charge in [-0.15, -0.1) is 0 Å². The number of hydrogen-bond acceptors (Lipinski definition) is 2. The molecule has 0 N–H and O–H groups in total. The molecule has 3 nitrogen and oxygen atoms in total. The molecule has 62 heavy (non-hydrogen) atoms. The Labute approximate surface area is 362 Å². The van der Waals surface area contributed by atoms with Crippen LogP contribution < -0.4 is 4.90 Å². The zero-order valence-electron chi connectivity index (χ0n) is 34.0. The second kappa shape index (κ2) is 16.1. The van der Waals surface area contributed by atoms with E-state index in [9.17, 15) is 0 Å². The second-order valence-electron chi connectivity index (χ2n) is 15.6. The molecule has 0 saturated carbocycles. The zero-order valence-corrected chi connectivity index (χ0v) is 34.0. The smallest absolute Gasteiger partial charge is 0.101 e. The fraction of sp³-hybridized carbons (Fsp3) is 0. The van der Waals surface area contributed by atoms with Crippen LogP contribution in [0.15, 0.2) is 249 Å². The highest BCUT2D eigenvalue weighted by Crippen LogP contribution is 2.42. The Bertz CT molecular complexity index is 3230. The molecule has 0 amide bonds. The predicted molar refractivity (Wildman–Crippen MR) is 260 cm³/mol. The molecule has 292 valence electrons. The van der Waals surface area contributed by atoms with Crippen LogP contribution in [0.5, 0.6) is 0 Å². The first-order chi connectivity index (χ1) is 30.7. The summed E-state index contributed by atoms with van der Waals surface area (Å²) in [5, 5.41) is 7.71. The van der Waals surface area contributed by atoms with Crippen LogP contribution in [0.1, 0.15) is 0 Å². The quantitative estimate of drug-likeness (QED) is 0.145. The van der Waals surface area contributed by atoms with Gasteiger partial charge in [-0.25, -0.2) is 4.52 Å². The maximum Gasteiger partial charge on any atom is 0.101 e. The fourth-order valence-corrected chi connectivity index (χ4v) is 8.73. The van der Waals surface area contributed by atoms with Crippen molar-refractivity contribution in [3.8, 4) is 67.0 Å². The summed E-state index contributed by atoms with van der Waals surface area (Å²) in [4.78, 5) is 2.29. The molecule has 11 rings (SSSR count). The number of benzene rings is 9. The van der Waals surface area contributed by atoms with Crippen molar-refractivity contribution in [3.63, 3.8) is 0 Å². The molecular weight excluding hydrogens is 751 g/mol. The molecule has 0 bridgehead atoms. The van der Waals surface area contributed by atoms with Gasteiger partial charge in [-0.2, -0.15) is 5.10 Å². The van der Waals surface area contributed by atoms with E-state index < -0.39 is 0 Å². The normalized spacial score (nSPS) is 11.2. The largest absolute Gasteiger partial charge is 0.311 e. The molecule has 0 radical (unpaired) electrons. The zero-order chi connectivity index (χ0) is 41.2. The molecule has 0 aliphatic heterocycles. The number of nitrogens with zero attached hydrogens (tertiary/aromatic N) is 3. The first-order valence-electron chi connectivity index (χ1n) is 21.1. The van der Waals surface area contributed by atoms with Gasteiger partial charge in [-0.3, -0.25) is 0 Å². The summed E-state index contributed by atoms with van der Waals surface area (Å²) in [6.45, 7) is 0. The van der Waals surface area contributed by atoms with Gasteiger partial charge in [-0.05, 0) is 92.9 Å². The van der Waals surface area contributed by atoms with Gasteiger partial charge in [0.2, 0.25) is 0 Å². The third-order valence-corrected chi connectivity index (χ3v) is 11.8. The maximum absolute atomic E-state index is 5.37. The lowest BCUT2D eigenvalue weighted by Crippen LogP contribution is -2.09. The van der Waals surface area contributed by atoms with Crippen LogP contribution in [0, 0.1) is 0 Å². The molecule has 0 fully saturated rings. The molecule has 0 unspecified atom stereocenters. The van der Waals surface area contributed by atoms with Crippen LogP contribution in [-0.2, 0) is 0 Å². The van der Waals surface area contributed by atoms with Crippen molar-refractivity contribution < 1.29 is 0 Å². The number of rotatable bonds is 9. The monoisotopic (exact) mass is 791 g/mol. The molecular formula is C59H41N3.